The van der Waals surface area contributed by atoms with Crippen molar-refractivity contribution in [1.29, 1.82) is 0 Å². The monoisotopic (exact) mass is 353 g/mol. The number of anilines is 2. The lowest BCUT2D eigenvalue weighted by Crippen LogP contribution is -2.38. The maximum absolute atomic E-state index is 6.19. The molecule has 3 heterocycles. The van der Waals surface area contributed by atoms with Crippen molar-refractivity contribution in [3.8, 4) is 0 Å². The van der Waals surface area contributed by atoms with Crippen molar-refractivity contribution in [2.75, 3.05) is 30.9 Å². The fourth-order valence-corrected chi connectivity index (χ4v) is 2.89. The summed E-state index contributed by atoms with van der Waals surface area (Å²) in [6.45, 7) is 0.960. The van der Waals surface area contributed by atoms with Gasteiger partial charge in [-0.05, 0) is 0 Å². The van der Waals surface area contributed by atoms with Gasteiger partial charge in [-0.2, -0.15) is 4.98 Å². The van der Waals surface area contributed by atoms with Gasteiger partial charge in [-0.3, -0.25) is 4.99 Å². The van der Waals surface area contributed by atoms with Crippen LogP contribution in [0.25, 0.3) is 0 Å². The Labute approximate surface area is 144 Å². The molecule has 6 N–H and O–H groups in total. The van der Waals surface area contributed by atoms with Crippen molar-refractivity contribution in [3.63, 3.8) is 0 Å². The molecule has 24 heavy (non-hydrogen) atoms. The minimum absolute atomic E-state index is 0.0782. The Morgan fingerprint density at radius 1 is 1.42 bits per heavy atom. The first kappa shape index (κ1) is 16.9. The molecular weight excluding hydrogens is 334 g/mol. The van der Waals surface area contributed by atoms with Gasteiger partial charge in [0.05, 0.1) is 37.2 Å². The van der Waals surface area contributed by atoms with Crippen LogP contribution in [-0.2, 0) is 9.47 Å². The molecule has 1 aromatic heterocycles. The van der Waals surface area contributed by atoms with Gasteiger partial charge < -0.3 is 31.6 Å². The number of allylic oxidation sites excluding steroid dienone is 1. The maximum Gasteiger partial charge on any atom is 0.229 e. The zero-order valence-electron chi connectivity index (χ0n) is 13.1. The maximum atomic E-state index is 6.19. The average Bonchev–Trinajstić information content (AvgIpc) is 3.14. The molecule has 4 atom stereocenters. The van der Waals surface area contributed by atoms with E-state index in [0.29, 0.717) is 35.7 Å². The second kappa shape index (κ2) is 7.31. The Kier molecular flexibility index (Phi) is 5.14. The largest absolute Gasteiger partial charge is 0.403 e. The van der Waals surface area contributed by atoms with Crippen molar-refractivity contribution in [1.82, 2.24) is 9.97 Å². The Hall–Kier alpha value is -1.94. The number of aliphatic imine (C=N–C) groups is 1. The molecule has 2 fully saturated rings. The third-order valence-electron chi connectivity index (χ3n) is 3.86. The lowest BCUT2D eigenvalue weighted by atomic mass is 10.1. The molecule has 0 aromatic carbocycles. The Morgan fingerprint density at radius 3 is 2.96 bits per heavy atom. The van der Waals surface area contributed by atoms with Crippen LogP contribution in [0.5, 0.6) is 0 Å². The number of aromatic nitrogens is 2. The molecule has 130 valence electrons. The number of ether oxygens (including phenoxy) is 2. The van der Waals surface area contributed by atoms with Crippen LogP contribution in [0.2, 0.25) is 5.02 Å². The van der Waals surface area contributed by atoms with E-state index < -0.39 is 0 Å². The van der Waals surface area contributed by atoms with Gasteiger partial charge in [0, 0.05) is 19.5 Å². The quantitative estimate of drug-likeness (QED) is 0.541. The molecule has 0 radical (unpaired) electrons. The van der Waals surface area contributed by atoms with E-state index in [2.05, 4.69) is 25.6 Å². The van der Waals surface area contributed by atoms with Gasteiger partial charge in [-0.1, -0.05) is 11.6 Å². The minimum atomic E-state index is -0.117. The number of fused-ring (bicyclic) bond motifs is 1. The number of nitrogens with one attached hydrogen (secondary N) is 2. The van der Waals surface area contributed by atoms with Crippen molar-refractivity contribution in [3.05, 3.63) is 23.1 Å². The van der Waals surface area contributed by atoms with E-state index in [1.54, 1.807) is 13.3 Å². The molecule has 0 saturated carbocycles. The zero-order valence-corrected chi connectivity index (χ0v) is 13.9. The highest BCUT2D eigenvalue weighted by molar-refractivity contribution is 6.32. The highest BCUT2D eigenvalue weighted by Gasteiger charge is 2.46. The number of nitrogens with zero attached hydrogens (tertiary/aromatic N) is 3. The van der Waals surface area contributed by atoms with Crippen LogP contribution in [0.4, 0.5) is 11.8 Å². The molecule has 0 bridgehead atoms. The molecule has 2 aliphatic rings. The second-order valence-corrected chi connectivity index (χ2v) is 5.94. The van der Waals surface area contributed by atoms with E-state index in [0.717, 1.165) is 0 Å². The fraction of sp³-hybridized carbons (Fsp3) is 0.500. The van der Waals surface area contributed by atoms with E-state index in [-0.39, 0.29) is 24.3 Å². The minimum Gasteiger partial charge on any atom is -0.403 e. The Bertz CT molecular complexity index is 654. The average molecular weight is 354 g/mol. The molecular formula is C14H20ClN7O2. The van der Waals surface area contributed by atoms with Gasteiger partial charge in [-0.25, -0.2) is 4.98 Å². The van der Waals surface area contributed by atoms with Crippen molar-refractivity contribution >= 4 is 29.6 Å². The smallest absolute Gasteiger partial charge is 0.229 e. The van der Waals surface area contributed by atoms with Crippen LogP contribution in [0.15, 0.2) is 23.1 Å². The predicted octanol–water partition coefficient (Wildman–Crippen LogP) is -0.0520. The highest BCUT2D eigenvalue weighted by atomic mass is 35.5. The van der Waals surface area contributed by atoms with Crippen molar-refractivity contribution in [2.24, 2.45) is 16.5 Å². The van der Waals surface area contributed by atoms with Crippen LogP contribution >= 0.6 is 11.6 Å². The summed E-state index contributed by atoms with van der Waals surface area (Å²) in [5.74, 6) is 0.829. The summed E-state index contributed by atoms with van der Waals surface area (Å²) in [6.07, 6.45) is 4.22. The summed E-state index contributed by atoms with van der Waals surface area (Å²) in [5.41, 5.74) is 12.0. The van der Waals surface area contributed by atoms with E-state index in [9.17, 15) is 0 Å². The molecule has 0 aliphatic carbocycles. The topological polar surface area (TPSA) is 133 Å². The molecule has 9 nitrogen and oxygen atoms in total. The van der Waals surface area contributed by atoms with E-state index in [1.165, 1.54) is 12.4 Å². The van der Waals surface area contributed by atoms with E-state index in [1.807, 2.05) is 0 Å². The first-order chi connectivity index (χ1) is 11.6. The molecule has 2 aliphatic heterocycles. The second-order valence-electron chi connectivity index (χ2n) is 5.54. The summed E-state index contributed by atoms with van der Waals surface area (Å²) in [7, 11) is 1.64. The van der Waals surface area contributed by atoms with Gasteiger partial charge in [0.15, 0.2) is 5.82 Å². The lowest BCUT2D eigenvalue weighted by molar-refractivity contribution is 0.0698. The van der Waals surface area contributed by atoms with Gasteiger partial charge in [0.25, 0.3) is 0 Å². The summed E-state index contributed by atoms with van der Waals surface area (Å²) in [4.78, 5) is 12.4. The third-order valence-corrected chi connectivity index (χ3v) is 4.14. The van der Waals surface area contributed by atoms with Crippen LogP contribution in [0.3, 0.4) is 0 Å². The first-order valence-electron chi connectivity index (χ1n) is 7.51. The number of halogens is 1. The van der Waals surface area contributed by atoms with Gasteiger partial charge >= 0.3 is 0 Å². The van der Waals surface area contributed by atoms with Crippen LogP contribution in [-0.4, -0.2) is 60.7 Å². The standard InChI is InChI=1S/C14H20ClN7O2/c1-18-3-7(2-16)20-14-19-4-8(15)13(22-14)21-10-6-24-11-9(17)5-23-12(10)11/h2-4,9-12H,5-6,16-17H2,1H3,(H2,19,20,21,22). The highest BCUT2D eigenvalue weighted by Crippen LogP contribution is 2.29. The normalized spacial score (nSPS) is 29.9. The van der Waals surface area contributed by atoms with E-state index >= 15 is 0 Å². The predicted molar refractivity (Wildman–Crippen MR) is 92.2 cm³/mol. The number of rotatable bonds is 5. The van der Waals surface area contributed by atoms with Gasteiger partial charge in [-0.15, -0.1) is 0 Å². The zero-order chi connectivity index (χ0) is 17.1. The number of hydrogen-bond donors (Lipinski definition) is 4. The van der Waals surface area contributed by atoms with Crippen LogP contribution < -0.4 is 22.1 Å². The summed E-state index contributed by atoms with van der Waals surface area (Å²) >= 11 is 6.19. The lowest BCUT2D eigenvalue weighted by Gasteiger charge is -2.19. The molecule has 2 saturated heterocycles. The Balaban J connectivity index is 1.73. The third kappa shape index (κ3) is 3.44. The summed E-state index contributed by atoms with van der Waals surface area (Å²) < 4.78 is 11.4. The molecule has 10 heteroatoms. The van der Waals surface area contributed by atoms with Crippen LogP contribution in [0, 0.1) is 0 Å². The Morgan fingerprint density at radius 2 is 2.21 bits per heavy atom. The first-order valence-corrected chi connectivity index (χ1v) is 7.89. The number of nitrogens with two attached hydrogens (primary N) is 2. The van der Waals surface area contributed by atoms with Gasteiger partial charge in [0.2, 0.25) is 5.95 Å². The molecule has 0 spiro atoms. The van der Waals surface area contributed by atoms with Crippen LogP contribution in [0.1, 0.15) is 0 Å². The van der Waals surface area contributed by atoms with Gasteiger partial charge in [0.1, 0.15) is 17.2 Å². The molecule has 1 aromatic rings. The SMILES string of the molecule is CN=CC(=CN)Nc1ncc(Cl)c(NC2COC3C(N)COC23)n1. The molecule has 4 unspecified atom stereocenters. The van der Waals surface area contributed by atoms with E-state index in [4.69, 9.17) is 32.5 Å². The number of hydrogen-bond acceptors (Lipinski definition) is 9. The fourth-order valence-electron chi connectivity index (χ4n) is 2.74. The van der Waals surface area contributed by atoms with Crippen molar-refractivity contribution in [2.45, 2.75) is 24.3 Å². The van der Waals surface area contributed by atoms with Crippen molar-refractivity contribution < 1.29 is 9.47 Å². The summed E-state index contributed by atoms with van der Waals surface area (Å²) in [5, 5.41) is 6.61. The summed E-state index contributed by atoms with van der Waals surface area (Å²) in [6, 6.07) is -0.184. The molecule has 0 amide bonds. The molecule has 3 rings (SSSR count).